The van der Waals surface area contributed by atoms with Crippen LogP contribution in [0.3, 0.4) is 0 Å². The molecule has 1 amide bonds. The summed E-state index contributed by atoms with van der Waals surface area (Å²) in [7, 11) is 0. The molecule has 3 rings (SSSR count). The van der Waals surface area contributed by atoms with Crippen molar-refractivity contribution in [1.82, 2.24) is 10.3 Å². The summed E-state index contributed by atoms with van der Waals surface area (Å²) in [5, 5.41) is 4.97. The maximum atomic E-state index is 12.7. The zero-order chi connectivity index (χ0) is 19.3. The number of thiazole rings is 1. The summed E-state index contributed by atoms with van der Waals surface area (Å²) < 4.78 is 38.0. The lowest BCUT2D eigenvalue weighted by molar-refractivity contribution is -0.137. The highest BCUT2D eigenvalue weighted by molar-refractivity contribution is 7.13. The minimum absolute atomic E-state index is 0.00722. The van der Waals surface area contributed by atoms with Crippen LogP contribution >= 0.6 is 11.3 Å². The number of hydrogen-bond donors (Lipinski definition) is 1. The van der Waals surface area contributed by atoms with Crippen molar-refractivity contribution >= 4 is 17.2 Å². The SMILES string of the molecule is O=C(NCC#Cc1cccc(C(F)(F)F)c1)c1csc(-c2ccccc2)n1. The van der Waals surface area contributed by atoms with Crippen LogP contribution < -0.4 is 5.32 Å². The van der Waals surface area contributed by atoms with Crippen molar-refractivity contribution in [3.63, 3.8) is 0 Å². The smallest absolute Gasteiger partial charge is 0.340 e. The number of halogens is 3. The number of carbonyl (C=O) groups excluding carboxylic acids is 1. The molecule has 0 aliphatic heterocycles. The zero-order valence-electron chi connectivity index (χ0n) is 13.9. The van der Waals surface area contributed by atoms with Gasteiger partial charge < -0.3 is 5.32 Å². The van der Waals surface area contributed by atoms with Crippen LogP contribution in [0.4, 0.5) is 13.2 Å². The van der Waals surface area contributed by atoms with E-state index in [1.54, 1.807) is 5.38 Å². The van der Waals surface area contributed by atoms with E-state index in [-0.39, 0.29) is 23.7 Å². The molecule has 0 saturated carbocycles. The Kier molecular flexibility index (Phi) is 5.57. The van der Waals surface area contributed by atoms with Gasteiger partial charge in [-0.05, 0) is 18.2 Å². The Balaban J connectivity index is 1.60. The maximum Gasteiger partial charge on any atom is 0.416 e. The lowest BCUT2D eigenvalue weighted by Gasteiger charge is -2.05. The number of hydrogen-bond acceptors (Lipinski definition) is 3. The van der Waals surface area contributed by atoms with Gasteiger partial charge in [0.1, 0.15) is 10.7 Å². The van der Waals surface area contributed by atoms with Gasteiger partial charge in [0.05, 0.1) is 12.1 Å². The maximum absolute atomic E-state index is 12.7. The van der Waals surface area contributed by atoms with E-state index in [9.17, 15) is 18.0 Å². The van der Waals surface area contributed by atoms with E-state index in [0.717, 1.165) is 22.7 Å². The third-order valence-electron chi connectivity index (χ3n) is 3.52. The molecule has 0 aliphatic rings. The van der Waals surface area contributed by atoms with E-state index in [0.29, 0.717) is 0 Å². The Hall–Kier alpha value is -3.11. The Morgan fingerprint density at radius 1 is 1.11 bits per heavy atom. The first kappa shape index (κ1) is 18.7. The van der Waals surface area contributed by atoms with Crippen LogP contribution in [-0.4, -0.2) is 17.4 Å². The number of amides is 1. The molecule has 0 saturated heterocycles. The summed E-state index contributed by atoms with van der Waals surface area (Å²) in [5.74, 6) is 4.88. The Morgan fingerprint density at radius 2 is 1.89 bits per heavy atom. The van der Waals surface area contributed by atoms with Crippen molar-refractivity contribution in [2.24, 2.45) is 0 Å². The molecule has 136 valence electrons. The third kappa shape index (κ3) is 4.96. The molecule has 0 unspecified atom stereocenters. The van der Waals surface area contributed by atoms with E-state index in [1.165, 1.54) is 23.5 Å². The second kappa shape index (κ2) is 8.06. The van der Waals surface area contributed by atoms with Crippen molar-refractivity contribution in [2.75, 3.05) is 6.54 Å². The van der Waals surface area contributed by atoms with Crippen molar-refractivity contribution in [3.05, 3.63) is 76.8 Å². The number of nitrogens with zero attached hydrogens (tertiary/aromatic N) is 1. The number of alkyl halides is 3. The summed E-state index contributed by atoms with van der Waals surface area (Å²) in [6, 6.07) is 14.2. The van der Waals surface area contributed by atoms with Crippen LogP contribution in [0.15, 0.2) is 60.0 Å². The normalized spacial score (nSPS) is 10.8. The second-order valence-corrected chi connectivity index (χ2v) is 6.33. The minimum Gasteiger partial charge on any atom is -0.340 e. The molecule has 0 radical (unpaired) electrons. The summed E-state index contributed by atoms with van der Waals surface area (Å²) in [4.78, 5) is 16.4. The van der Waals surface area contributed by atoms with E-state index < -0.39 is 11.7 Å². The van der Waals surface area contributed by atoms with Crippen molar-refractivity contribution < 1.29 is 18.0 Å². The second-order valence-electron chi connectivity index (χ2n) is 5.47. The Bertz CT molecular complexity index is 1000. The largest absolute Gasteiger partial charge is 0.416 e. The third-order valence-corrected chi connectivity index (χ3v) is 4.41. The number of benzene rings is 2. The average molecular weight is 386 g/mol. The van der Waals surface area contributed by atoms with Crippen LogP contribution in [0.1, 0.15) is 21.6 Å². The fourth-order valence-electron chi connectivity index (χ4n) is 2.23. The zero-order valence-corrected chi connectivity index (χ0v) is 14.7. The molecule has 1 aromatic heterocycles. The fourth-order valence-corrected chi connectivity index (χ4v) is 3.03. The van der Waals surface area contributed by atoms with Crippen molar-refractivity contribution in [3.8, 4) is 22.4 Å². The molecule has 7 heteroatoms. The molecule has 0 spiro atoms. The van der Waals surface area contributed by atoms with Gasteiger partial charge >= 0.3 is 6.18 Å². The van der Waals surface area contributed by atoms with Crippen LogP contribution in [0.25, 0.3) is 10.6 Å². The molecule has 0 aliphatic carbocycles. The molecular formula is C20H13F3N2OS. The highest BCUT2D eigenvalue weighted by atomic mass is 32.1. The number of aromatic nitrogens is 1. The molecule has 0 bridgehead atoms. The number of carbonyl (C=O) groups is 1. The Morgan fingerprint density at radius 3 is 2.63 bits per heavy atom. The van der Waals surface area contributed by atoms with E-state index in [4.69, 9.17) is 0 Å². The van der Waals surface area contributed by atoms with E-state index in [2.05, 4.69) is 22.1 Å². The molecule has 1 N–H and O–H groups in total. The monoisotopic (exact) mass is 386 g/mol. The lowest BCUT2D eigenvalue weighted by Crippen LogP contribution is -2.23. The first-order valence-corrected chi connectivity index (χ1v) is 8.77. The highest BCUT2D eigenvalue weighted by Gasteiger charge is 2.30. The molecule has 3 nitrogen and oxygen atoms in total. The van der Waals surface area contributed by atoms with Gasteiger partial charge in [0.2, 0.25) is 0 Å². The van der Waals surface area contributed by atoms with Gasteiger partial charge in [-0.15, -0.1) is 11.3 Å². The van der Waals surface area contributed by atoms with Crippen molar-refractivity contribution in [1.29, 1.82) is 0 Å². The lowest BCUT2D eigenvalue weighted by atomic mass is 10.1. The standard InChI is InChI=1S/C20H13F3N2OS/c21-20(22,23)16-10-4-6-14(12-16)7-5-11-24-18(26)17-13-27-19(25-17)15-8-2-1-3-9-15/h1-4,6,8-10,12-13H,11H2,(H,24,26). The number of rotatable bonds is 3. The van der Waals surface area contributed by atoms with Crippen LogP contribution in [0.2, 0.25) is 0 Å². The van der Waals surface area contributed by atoms with E-state index in [1.807, 2.05) is 30.3 Å². The van der Waals surface area contributed by atoms with Gasteiger partial charge in [0.15, 0.2) is 0 Å². The fraction of sp³-hybridized carbons (Fsp3) is 0.100. The quantitative estimate of drug-likeness (QED) is 0.668. The van der Waals surface area contributed by atoms with Gasteiger partial charge in [-0.2, -0.15) is 13.2 Å². The van der Waals surface area contributed by atoms with Gasteiger partial charge in [0, 0.05) is 16.5 Å². The van der Waals surface area contributed by atoms with Crippen LogP contribution in [-0.2, 0) is 6.18 Å². The molecular weight excluding hydrogens is 373 g/mol. The topological polar surface area (TPSA) is 42.0 Å². The summed E-state index contributed by atoms with van der Waals surface area (Å²) >= 11 is 1.36. The minimum atomic E-state index is -4.41. The molecule has 27 heavy (non-hydrogen) atoms. The summed E-state index contributed by atoms with van der Waals surface area (Å²) in [5.41, 5.74) is 0.680. The predicted octanol–water partition coefficient (Wildman–Crippen LogP) is 4.61. The predicted molar refractivity (Wildman–Crippen MR) is 98.2 cm³/mol. The van der Waals surface area contributed by atoms with Gasteiger partial charge in [-0.1, -0.05) is 48.2 Å². The first-order chi connectivity index (χ1) is 12.9. The van der Waals surface area contributed by atoms with Gasteiger partial charge in [-0.25, -0.2) is 4.98 Å². The average Bonchev–Trinajstić information content (AvgIpc) is 3.16. The van der Waals surface area contributed by atoms with Gasteiger partial charge in [0.25, 0.3) is 5.91 Å². The van der Waals surface area contributed by atoms with Crippen LogP contribution in [0.5, 0.6) is 0 Å². The number of nitrogens with one attached hydrogen (secondary N) is 1. The highest BCUT2D eigenvalue weighted by Crippen LogP contribution is 2.29. The van der Waals surface area contributed by atoms with Crippen molar-refractivity contribution in [2.45, 2.75) is 6.18 Å². The molecule has 0 atom stereocenters. The van der Waals surface area contributed by atoms with Crippen LogP contribution in [0, 0.1) is 11.8 Å². The van der Waals surface area contributed by atoms with E-state index >= 15 is 0 Å². The molecule has 1 heterocycles. The molecule has 0 fully saturated rings. The molecule has 3 aromatic rings. The molecule has 2 aromatic carbocycles. The van der Waals surface area contributed by atoms with Gasteiger partial charge in [-0.3, -0.25) is 4.79 Å². The summed E-state index contributed by atoms with van der Waals surface area (Å²) in [6.45, 7) is 0.00722. The Labute approximate surface area is 157 Å². The first-order valence-electron chi connectivity index (χ1n) is 7.89. The summed E-state index contributed by atoms with van der Waals surface area (Å²) in [6.07, 6.45) is -4.41.